The summed E-state index contributed by atoms with van der Waals surface area (Å²) >= 11 is 0. The molecule has 3 heterocycles. The number of hydrogen-bond donors (Lipinski definition) is 0. The van der Waals surface area contributed by atoms with E-state index in [2.05, 4.69) is 139 Å². The van der Waals surface area contributed by atoms with Gasteiger partial charge in [0.15, 0.2) is 7.14 Å². The zero-order valence-corrected chi connectivity index (χ0v) is 31.6. The molecule has 0 spiro atoms. The van der Waals surface area contributed by atoms with Crippen molar-refractivity contribution in [2.45, 2.75) is 19.3 Å². The van der Waals surface area contributed by atoms with Gasteiger partial charge in [-0.05, 0) is 65.7 Å². The largest absolute Gasteiger partial charge is 0.310 e. The highest BCUT2D eigenvalue weighted by Gasteiger charge is 2.37. The van der Waals surface area contributed by atoms with E-state index >= 15 is 4.57 Å². The lowest BCUT2D eigenvalue weighted by atomic mass is 9.73. The first kappa shape index (κ1) is 33.1. The third-order valence-electron chi connectivity index (χ3n) is 11.3. The van der Waals surface area contributed by atoms with Crippen molar-refractivity contribution in [2.24, 2.45) is 0 Å². The van der Waals surface area contributed by atoms with Gasteiger partial charge in [0.2, 0.25) is 0 Å². The Kier molecular flexibility index (Phi) is 7.73. The number of para-hydroxylation sites is 4. The van der Waals surface area contributed by atoms with Crippen molar-refractivity contribution in [1.82, 2.24) is 9.55 Å². The summed E-state index contributed by atoms with van der Waals surface area (Å²) in [5, 5.41) is 4.73. The predicted octanol–water partition coefficient (Wildman–Crippen LogP) is 11.6. The van der Waals surface area contributed by atoms with Crippen LogP contribution in [0.15, 0.2) is 194 Å². The van der Waals surface area contributed by atoms with Crippen molar-refractivity contribution in [1.29, 1.82) is 0 Å². The van der Waals surface area contributed by atoms with Gasteiger partial charge in [-0.25, -0.2) is 0 Å². The molecule has 0 unspecified atom stereocenters. The summed E-state index contributed by atoms with van der Waals surface area (Å²) in [5.41, 5.74) is 10.6. The molecule has 0 radical (unpaired) electrons. The Balaban J connectivity index is 1.26. The fraction of sp³-hybridized carbons (Fsp3) is 0.0600. The third kappa shape index (κ3) is 5.21. The van der Waals surface area contributed by atoms with Gasteiger partial charge in [0.25, 0.3) is 0 Å². The van der Waals surface area contributed by atoms with Crippen LogP contribution in [0.5, 0.6) is 0 Å². The number of fused-ring (bicyclic) bond motifs is 5. The average molecular weight is 728 g/mol. The van der Waals surface area contributed by atoms with Crippen molar-refractivity contribution in [3.63, 3.8) is 0 Å². The minimum atomic E-state index is -3.24. The number of hydrogen-bond acceptors (Lipinski definition) is 3. The van der Waals surface area contributed by atoms with Crippen LogP contribution in [0.25, 0.3) is 38.8 Å². The normalized spacial score (nSPS) is 13.5. The lowest BCUT2D eigenvalue weighted by Crippen LogP contribution is -2.30. The molecule has 0 atom stereocenters. The zero-order valence-electron chi connectivity index (χ0n) is 30.7. The second-order valence-electron chi connectivity index (χ2n) is 14.8. The van der Waals surface area contributed by atoms with Crippen LogP contribution in [-0.2, 0) is 9.98 Å². The molecule has 1 aliphatic rings. The van der Waals surface area contributed by atoms with Crippen LogP contribution in [0.2, 0.25) is 0 Å². The van der Waals surface area contributed by atoms with Gasteiger partial charge in [0.1, 0.15) is 0 Å². The summed E-state index contributed by atoms with van der Waals surface area (Å²) < 4.78 is 17.9. The quantitative estimate of drug-likeness (QED) is 0.160. The van der Waals surface area contributed by atoms with Gasteiger partial charge in [-0.1, -0.05) is 147 Å². The van der Waals surface area contributed by atoms with E-state index in [1.165, 1.54) is 21.9 Å². The fourth-order valence-corrected chi connectivity index (χ4v) is 11.3. The molecule has 1 aliphatic heterocycles. The zero-order chi connectivity index (χ0) is 37.1. The van der Waals surface area contributed by atoms with Gasteiger partial charge in [-0.15, -0.1) is 0 Å². The monoisotopic (exact) mass is 727 g/mol. The molecule has 4 nitrogen and oxygen atoms in total. The molecule has 9 aromatic rings. The molecule has 2 aromatic heterocycles. The number of nitrogens with zero attached hydrogens (tertiary/aromatic N) is 3. The van der Waals surface area contributed by atoms with Gasteiger partial charge in [-0.3, -0.25) is 4.98 Å². The SMILES string of the molecule is CC1(C)c2ccccc2N(c2cc(-c3cc(P(=O)(c4ccccc4)c4ccccc4)ccn3)cc(-n3c4ccccc4c4ccccc43)c2)c2ccccc21. The smallest absolute Gasteiger partial charge is 0.171 e. The number of pyridine rings is 1. The summed E-state index contributed by atoms with van der Waals surface area (Å²) in [6.07, 6.45) is 1.81. The first-order valence-electron chi connectivity index (χ1n) is 18.7. The first-order chi connectivity index (χ1) is 26.9. The van der Waals surface area contributed by atoms with Crippen molar-refractivity contribution < 1.29 is 4.57 Å². The highest BCUT2D eigenvalue weighted by Crippen LogP contribution is 2.52. The van der Waals surface area contributed by atoms with E-state index in [9.17, 15) is 0 Å². The Morgan fingerprint density at radius 2 is 0.982 bits per heavy atom. The maximum absolute atomic E-state index is 15.6. The lowest BCUT2D eigenvalue weighted by molar-refractivity contribution is 0.592. The molecule has 264 valence electrons. The Morgan fingerprint density at radius 1 is 0.491 bits per heavy atom. The van der Waals surface area contributed by atoms with Crippen LogP contribution < -0.4 is 20.8 Å². The molecule has 10 rings (SSSR count). The van der Waals surface area contributed by atoms with Crippen molar-refractivity contribution in [3.8, 4) is 16.9 Å². The van der Waals surface area contributed by atoms with Crippen LogP contribution in [-0.4, -0.2) is 9.55 Å². The van der Waals surface area contributed by atoms with Gasteiger partial charge in [0.05, 0.1) is 28.1 Å². The second-order valence-corrected chi connectivity index (χ2v) is 17.5. The number of aromatic nitrogens is 2. The minimum Gasteiger partial charge on any atom is -0.310 e. The third-order valence-corrected chi connectivity index (χ3v) is 14.3. The van der Waals surface area contributed by atoms with Crippen LogP contribution in [0, 0.1) is 0 Å². The number of benzene rings is 7. The molecule has 7 aromatic carbocycles. The second kappa shape index (κ2) is 12.8. The number of rotatable bonds is 6. The van der Waals surface area contributed by atoms with Gasteiger partial charge >= 0.3 is 0 Å². The molecule has 5 heteroatoms. The van der Waals surface area contributed by atoms with Crippen LogP contribution >= 0.6 is 7.14 Å². The summed E-state index contributed by atoms with van der Waals surface area (Å²) in [6, 6.07) is 65.2. The standard InChI is InChI=1S/C50H38N3OP/c1-50(2)43-23-11-15-27-48(43)53(49-28-16-12-24-44(49)50)37-32-35(31-36(33-37)52-46-25-13-9-21-41(46)42-22-10-14-26-47(42)52)45-34-40(29-30-51-45)55(54,38-17-5-3-6-18-38)39-19-7-4-8-20-39/h3-34H,1-2H3. The van der Waals surface area contributed by atoms with E-state index in [4.69, 9.17) is 4.98 Å². The van der Waals surface area contributed by atoms with Gasteiger partial charge in [-0.2, -0.15) is 0 Å². The molecule has 55 heavy (non-hydrogen) atoms. The molecule has 0 saturated carbocycles. The Bertz CT molecular complexity index is 2800. The highest BCUT2D eigenvalue weighted by molar-refractivity contribution is 7.85. The Morgan fingerprint density at radius 3 is 1.56 bits per heavy atom. The van der Waals surface area contributed by atoms with Gasteiger partial charge in [0, 0.05) is 55.2 Å². The van der Waals surface area contributed by atoms with E-state index < -0.39 is 7.14 Å². The topological polar surface area (TPSA) is 38.1 Å². The molecular weight excluding hydrogens is 690 g/mol. The maximum atomic E-state index is 15.6. The summed E-state index contributed by atoms with van der Waals surface area (Å²) in [7, 11) is -3.24. The Labute approximate surface area is 321 Å². The average Bonchev–Trinajstić information content (AvgIpc) is 3.59. The van der Waals surface area contributed by atoms with Crippen LogP contribution in [0.3, 0.4) is 0 Å². The van der Waals surface area contributed by atoms with E-state index in [0.29, 0.717) is 0 Å². The maximum Gasteiger partial charge on any atom is 0.171 e. The van der Waals surface area contributed by atoms with E-state index in [1.807, 2.05) is 79.0 Å². The van der Waals surface area contributed by atoms with Gasteiger partial charge < -0.3 is 14.0 Å². The highest BCUT2D eigenvalue weighted by atomic mass is 31.2. The Hall–Kier alpha value is -6.48. The van der Waals surface area contributed by atoms with Crippen molar-refractivity contribution in [2.75, 3.05) is 4.90 Å². The van der Waals surface area contributed by atoms with E-state index in [1.54, 1.807) is 0 Å². The fourth-order valence-electron chi connectivity index (χ4n) is 8.65. The summed E-state index contributed by atoms with van der Waals surface area (Å²) in [5.74, 6) is 0. The molecule has 0 amide bonds. The van der Waals surface area contributed by atoms with Crippen LogP contribution in [0.4, 0.5) is 17.1 Å². The van der Waals surface area contributed by atoms with Crippen LogP contribution in [0.1, 0.15) is 25.0 Å². The predicted molar refractivity (Wildman–Crippen MR) is 230 cm³/mol. The van der Waals surface area contributed by atoms with Crippen molar-refractivity contribution >= 4 is 61.9 Å². The van der Waals surface area contributed by atoms with Crippen molar-refractivity contribution in [3.05, 3.63) is 205 Å². The molecule has 0 fully saturated rings. The molecule has 0 aliphatic carbocycles. The molecule has 0 saturated heterocycles. The first-order valence-corrected chi connectivity index (χ1v) is 20.4. The molecule has 0 N–H and O–H groups in total. The van der Waals surface area contributed by atoms with E-state index in [0.717, 1.165) is 61.0 Å². The number of anilines is 3. The summed E-state index contributed by atoms with van der Waals surface area (Å²) in [4.78, 5) is 7.41. The summed E-state index contributed by atoms with van der Waals surface area (Å²) in [6.45, 7) is 4.63. The lowest BCUT2D eigenvalue weighted by Gasteiger charge is -2.42. The van der Waals surface area contributed by atoms with E-state index in [-0.39, 0.29) is 5.41 Å². The molecule has 0 bridgehead atoms. The molecular formula is C50H38N3OP. The minimum absolute atomic E-state index is 0.192.